The van der Waals surface area contributed by atoms with Crippen molar-refractivity contribution in [2.75, 3.05) is 24.5 Å². The average molecular weight is 310 g/mol. The minimum Gasteiger partial charge on any atom is -0.389 e. The first-order chi connectivity index (χ1) is 10.1. The van der Waals surface area contributed by atoms with Crippen LogP contribution in [-0.2, 0) is 6.54 Å². The van der Waals surface area contributed by atoms with Crippen LogP contribution in [0, 0.1) is 5.92 Å². The highest BCUT2D eigenvalue weighted by molar-refractivity contribution is 7.15. The number of fused-ring (bicyclic) bond motifs is 1. The zero-order chi connectivity index (χ0) is 15.0. The van der Waals surface area contributed by atoms with Gasteiger partial charge in [-0.3, -0.25) is 4.40 Å². The summed E-state index contributed by atoms with van der Waals surface area (Å²) in [5.74, 6) is 1.46. The second-order valence-corrected chi connectivity index (χ2v) is 6.88. The Morgan fingerprint density at radius 2 is 2.10 bits per heavy atom. The van der Waals surface area contributed by atoms with Crippen molar-refractivity contribution in [1.29, 1.82) is 0 Å². The number of hydrogen-bond donors (Lipinski definition) is 3. The van der Waals surface area contributed by atoms with Crippen LogP contribution < -0.4 is 10.2 Å². The number of nitrogens with zero attached hydrogens (tertiary/aromatic N) is 3. The maximum absolute atomic E-state index is 9.76. The van der Waals surface area contributed by atoms with Crippen molar-refractivity contribution in [2.45, 2.75) is 32.6 Å². The van der Waals surface area contributed by atoms with Crippen LogP contribution in [0.25, 0.3) is 4.96 Å². The van der Waals surface area contributed by atoms with Crippen molar-refractivity contribution in [3.63, 3.8) is 0 Å². The maximum Gasteiger partial charge on any atom is 0.195 e. The molecule has 0 spiro atoms. The fourth-order valence-corrected chi connectivity index (χ4v) is 3.39. The first-order valence-corrected chi connectivity index (χ1v) is 8.20. The molecule has 0 radical (unpaired) electrons. The highest BCUT2D eigenvalue weighted by Crippen LogP contribution is 2.27. The quantitative estimate of drug-likeness (QED) is 0.757. The smallest absolute Gasteiger partial charge is 0.195 e. The summed E-state index contributed by atoms with van der Waals surface area (Å²) in [5, 5.41) is 25.0. The largest absolute Gasteiger partial charge is 0.389 e. The van der Waals surface area contributed by atoms with Gasteiger partial charge in [0.15, 0.2) is 10.8 Å². The monoisotopic (exact) mass is 310 g/mol. The normalized spacial score (nSPS) is 22.8. The molecule has 0 amide bonds. The van der Waals surface area contributed by atoms with E-state index in [1.807, 2.05) is 16.5 Å². The summed E-state index contributed by atoms with van der Waals surface area (Å²) >= 11 is 1.59. The van der Waals surface area contributed by atoms with Gasteiger partial charge >= 0.3 is 0 Å². The predicted octanol–water partition coefficient (Wildman–Crippen LogP) is 0.683. The fraction of sp³-hybridized carbons (Fsp3) is 0.643. The third kappa shape index (κ3) is 2.91. The molecule has 2 aromatic rings. The van der Waals surface area contributed by atoms with Gasteiger partial charge in [0.1, 0.15) is 0 Å². The Kier molecular flexibility index (Phi) is 4.17. The van der Waals surface area contributed by atoms with Crippen LogP contribution in [0.4, 0.5) is 5.82 Å². The number of β-amino-alcohol motifs (C(OH)–C–C–N with tert-alkyl or cyclic N) is 2. The van der Waals surface area contributed by atoms with E-state index in [1.165, 1.54) is 0 Å². The Bertz CT molecular complexity index is 599. The standard InChI is InChI=1S/C14H22N4O2S/c1-9(2)5-15-6-10-13(16-14-18(10)3-4-21-14)17-7-11(19)12(20)8-17/h3-4,9,11-12,15,19-20H,5-8H2,1-2H3. The number of anilines is 1. The molecule has 1 aliphatic rings. The highest BCUT2D eigenvalue weighted by atomic mass is 32.1. The van der Waals surface area contributed by atoms with Gasteiger partial charge in [0, 0.05) is 31.2 Å². The van der Waals surface area contributed by atoms with E-state index in [9.17, 15) is 10.2 Å². The number of aromatic nitrogens is 2. The molecule has 1 aliphatic heterocycles. The van der Waals surface area contributed by atoms with Crippen molar-refractivity contribution in [2.24, 2.45) is 5.92 Å². The van der Waals surface area contributed by atoms with E-state index in [-0.39, 0.29) is 0 Å². The summed E-state index contributed by atoms with van der Waals surface area (Å²) in [6.45, 7) is 6.90. The molecule has 0 aliphatic carbocycles. The molecule has 21 heavy (non-hydrogen) atoms. The van der Waals surface area contributed by atoms with E-state index in [0.717, 1.165) is 29.6 Å². The summed E-state index contributed by atoms with van der Waals surface area (Å²) in [6.07, 6.45) is 0.633. The predicted molar refractivity (Wildman–Crippen MR) is 83.8 cm³/mol. The third-order valence-electron chi connectivity index (χ3n) is 3.74. The number of thiazole rings is 1. The number of aliphatic hydroxyl groups excluding tert-OH is 2. The van der Waals surface area contributed by atoms with Crippen molar-refractivity contribution in [1.82, 2.24) is 14.7 Å². The number of aliphatic hydroxyl groups is 2. The summed E-state index contributed by atoms with van der Waals surface area (Å²) in [5.41, 5.74) is 1.09. The van der Waals surface area contributed by atoms with E-state index in [2.05, 4.69) is 28.5 Å². The maximum atomic E-state index is 9.76. The fourth-order valence-electron chi connectivity index (χ4n) is 2.66. The lowest BCUT2D eigenvalue weighted by atomic mass is 10.2. The Balaban J connectivity index is 1.85. The van der Waals surface area contributed by atoms with Gasteiger partial charge in [-0.05, 0) is 12.5 Å². The van der Waals surface area contributed by atoms with Crippen LogP contribution in [0.1, 0.15) is 19.5 Å². The molecule has 0 aromatic carbocycles. The van der Waals surface area contributed by atoms with Gasteiger partial charge in [-0.25, -0.2) is 4.98 Å². The van der Waals surface area contributed by atoms with Crippen LogP contribution in [0.2, 0.25) is 0 Å². The van der Waals surface area contributed by atoms with E-state index < -0.39 is 12.2 Å². The molecule has 2 aromatic heterocycles. The topological polar surface area (TPSA) is 73.0 Å². The van der Waals surface area contributed by atoms with Gasteiger partial charge < -0.3 is 20.4 Å². The Labute approximate surface area is 128 Å². The molecule has 3 heterocycles. The molecule has 3 N–H and O–H groups in total. The molecule has 1 fully saturated rings. The van der Waals surface area contributed by atoms with Gasteiger partial charge in [-0.2, -0.15) is 0 Å². The van der Waals surface area contributed by atoms with Crippen molar-refractivity contribution in [3.8, 4) is 0 Å². The minimum atomic E-state index is -0.693. The zero-order valence-corrected chi connectivity index (χ0v) is 13.2. The van der Waals surface area contributed by atoms with E-state index in [1.54, 1.807) is 11.3 Å². The molecule has 0 saturated carbocycles. The first-order valence-electron chi connectivity index (χ1n) is 7.32. The Hall–Kier alpha value is -1.15. The first kappa shape index (κ1) is 14.8. The van der Waals surface area contributed by atoms with E-state index in [0.29, 0.717) is 19.0 Å². The minimum absolute atomic E-state index is 0.434. The van der Waals surface area contributed by atoms with Crippen LogP contribution in [-0.4, -0.2) is 51.4 Å². The third-order valence-corrected chi connectivity index (χ3v) is 4.50. The van der Waals surface area contributed by atoms with Crippen LogP contribution in [0.5, 0.6) is 0 Å². The van der Waals surface area contributed by atoms with Gasteiger partial charge in [-0.1, -0.05) is 13.8 Å². The molecular formula is C14H22N4O2S. The van der Waals surface area contributed by atoms with Crippen molar-refractivity contribution in [3.05, 3.63) is 17.3 Å². The van der Waals surface area contributed by atoms with E-state index in [4.69, 9.17) is 0 Å². The Morgan fingerprint density at radius 3 is 2.76 bits per heavy atom. The number of hydrogen-bond acceptors (Lipinski definition) is 6. The SMILES string of the molecule is CC(C)CNCc1c(N2CC(O)C(O)C2)nc2sccn12. The number of nitrogens with one attached hydrogen (secondary N) is 1. The van der Waals surface area contributed by atoms with Gasteiger partial charge in [0.25, 0.3) is 0 Å². The molecule has 116 valence electrons. The van der Waals surface area contributed by atoms with Crippen LogP contribution in [0.3, 0.4) is 0 Å². The van der Waals surface area contributed by atoms with Gasteiger partial charge in [-0.15, -0.1) is 11.3 Å². The molecule has 6 nitrogen and oxygen atoms in total. The molecule has 0 bridgehead atoms. The lowest BCUT2D eigenvalue weighted by molar-refractivity contribution is 0.0572. The molecule has 3 rings (SSSR count). The summed E-state index contributed by atoms with van der Waals surface area (Å²) in [6, 6.07) is 0. The molecule has 2 unspecified atom stereocenters. The highest BCUT2D eigenvalue weighted by Gasteiger charge is 2.32. The van der Waals surface area contributed by atoms with Crippen LogP contribution in [0.15, 0.2) is 11.6 Å². The van der Waals surface area contributed by atoms with Crippen molar-refractivity contribution >= 4 is 22.1 Å². The van der Waals surface area contributed by atoms with Gasteiger partial charge in [0.2, 0.25) is 0 Å². The lowest BCUT2D eigenvalue weighted by Crippen LogP contribution is -2.25. The molecule has 2 atom stereocenters. The summed E-state index contributed by atoms with van der Waals surface area (Å²) in [4.78, 5) is 7.59. The number of imidazole rings is 1. The molecule has 1 saturated heterocycles. The summed E-state index contributed by atoms with van der Waals surface area (Å²) in [7, 11) is 0. The zero-order valence-electron chi connectivity index (χ0n) is 12.4. The summed E-state index contributed by atoms with van der Waals surface area (Å²) < 4.78 is 2.09. The van der Waals surface area contributed by atoms with Gasteiger partial charge in [0.05, 0.1) is 17.9 Å². The average Bonchev–Trinajstić information content (AvgIpc) is 3.06. The molecular weight excluding hydrogens is 288 g/mol. The Morgan fingerprint density at radius 1 is 1.38 bits per heavy atom. The second kappa shape index (κ2) is 5.92. The number of rotatable bonds is 5. The second-order valence-electron chi connectivity index (χ2n) is 6.00. The van der Waals surface area contributed by atoms with Crippen molar-refractivity contribution < 1.29 is 10.2 Å². The lowest BCUT2D eigenvalue weighted by Gasteiger charge is -2.17. The van der Waals surface area contributed by atoms with Crippen LogP contribution >= 0.6 is 11.3 Å². The van der Waals surface area contributed by atoms with E-state index >= 15 is 0 Å². The molecule has 7 heteroatoms.